The smallest absolute Gasteiger partial charge is 0.258 e. The second-order valence-electron chi connectivity index (χ2n) is 6.57. The topological polar surface area (TPSA) is 58.2 Å². The van der Waals surface area contributed by atoms with E-state index in [1.807, 2.05) is 50.2 Å². The number of hydrogen-bond acceptors (Lipinski definition) is 3. The monoisotopic (exact) mass is 408 g/mol. The van der Waals surface area contributed by atoms with E-state index in [9.17, 15) is 14.0 Å². The highest BCUT2D eigenvalue weighted by molar-refractivity contribution is 8.00. The number of carbonyl (C=O) groups excluding carboxylic acids is 2. The molecular weight excluding hydrogens is 387 g/mol. The van der Waals surface area contributed by atoms with Crippen LogP contribution in [0.1, 0.15) is 22.8 Å². The molecule has 0 aromatic heterocycles. The van der Waals surface area contributed by atoms with Gasteiger partial charge in [-0.05, 0) is 62.4 Å². The van der Waals surface area contributed by atoms with Gasteiger partial charge in [0, 0.05) is 16.3 Å². The molecule has 3 aromatic carbocycles. The van der Waals surface area contributed by atoms with E-state index in [4.69, 9.17) is 0 Å². The first kappa shape index (κ1) is 20.6. The summed E-state index contributed by atoms with van der Waals surface area (Å²) >= 11 is 1.42. The van der Waals surface area contributed by atoms with Gasteiger partial charge < -0.3 is 10.6 Å². The van der Waals surface area contributed by atoms with Crippen LogP contribution in [-0.4, -0.2) is 17.1 Å². The molecular formula is C23H21FN2O2S. The molecule has 0 saturated carbocycles. The van der Waals surface area contributed by atoms with Crippen LogP contribution in [0.5, 0.6) is 0 Å². The molecule has 0 bridgehead atoms. The van der Waals surface area contributed by atoms with Crippen LogP contribution in [0.25, 0.3) is 0 Å². The number of amides is 2. The molecule has 3 rings (SSSR count). The molecule has 6 heteroatoms. The van der Waals surface area contributed by atoms with Gasteiger partial charge in [0.15, 0.2) is 0 Å². The zero-order valence-corrected chi connectivity index (χ0v) is 16.9. The highest BCUT2D eigenvalue weighted by atomic mass is 32.2. The lowest BCUT2D eigenvalue weighted by Crippen LogP contribution is -2.22. The largest absolute Gasteiger partial charge is 0.325 e. The lowest BCUT2D eigenvalue weighted by Gasteiger charge is -2.13. The maximum absolute atomic E-state index is 13.7. The van der Waals surface area contributed by atoms with Crippen molar-refractivity contribution in [3.8, 4) is 0 Å². The van der Waals surface area contributed by atoms with Crippen molar-refractivity contribution in [2.24, 2.45) is 0 Å². The second-order valence-corrected chi connectivity index (χ2v) is 7.99. The molecule has 0 fully saturated rings. The van der Waals surface area contributed by atoms with Crippen LogP contribution in [0.4, 0.5) is 15.8 Å². The first-order chi connectivity index (χ1) is 13.9. The molecule has 4 nitrogen and oxygen atoms in total. The summed E-state index contributed by atoms with van der Waals surface area (Å²) in [6, 6.07) is 20.6. The van der Waals surface area contributed by atoms with Crippen molar-refractivity contribution in [2.75, 3.05) is 10.6 Å². The van der Waals surface area contributed by atoms with Crippen molar-refractivity contribution in [1.82, 2.24) is 0 Å². The van der Waals surface area contributed by atoms with Crippen LogP contribution in [0.3, 0.4) is 0 Å². The zero-order chi connectivity index (χ0) is 20.8. The third-order valence-electron chi connectivity index (χ3n) is 4.23. The Hall–Kier alpha value is -3.12. The Morgan fingerprint density at radius 1 is 0.862 bits per heavy atom. The predicted molar refractivity (Wildman–Crippen MR) is 116 cm³/mol. The van der Waals surface area contributed by atoms with Gasteiger partial charge in [-0.3, -0.25) is 9.59 Å². The molecule has 0 radical (unpaired) electrons. The van der Waals surface area contributed by atoms with Crippen LogP contribution in [0.2, 0.25) is 0 Å². The van der Waals surface area contributed by atoms with Gasteiger partial charge in [0.1, 0.15) is 5.82 Å². The number of carbonyl (C=O) groups is 2. The minimum atomic E-state index is -0.564. The van der Waals surface area contributed by atoms with E-state index >= 15 is 0 Å². The summed E-state index contributed by atoms with van der Waals surface area (Å²) in [6.07, 6.45) is 0. The van der Waals surface area contributed by atoms with Gasteiger partial charge >= 0.3 is 0 Å². The standard InChI is InChI=1S/C23H21FN2O2S/c1-15-7-9-17(10-8-15)25-22(27)16(2)29-19-13-11-18(12-14-19)26-23(28)20-5-3-4-6-21(20)24/h3-14,16H,1-2H3,(H,25,27)(H,26,28). The number of thioether (sulfide) groups is 1. The Bertz CT molecular complexity index is 1000. The summed E-state index contributed by atoms with van der Waals surface area (Å²) in [5.74, 6) is -1.16. The van der Waals surface area contributed by atoms with Crippen LogP contribution in [-0.2, 0) is 4.79 Å². The summed E-state index contributed by atoms with van der Waals surface area (Å²) < 4.78 is 13.7. The minimum Gasteiger partial charge on any atom is -0.325 e. The van der Waals surface area contributed by atoms with Crippen LogP contribution in [0.15, 0.2) is 77.7 Å². The molecule has 1 unspecified atom stereocenters. The van der Waals surface area contributed by atoms with Crippen molar-refractivity contribution in [3.63, 3.8) is 0 Å². The lowest BCUT2D eigenvalue weighted by molar-refractivity contribution is -0.115. The summed E-state index contributed by atoms with van der Waals surface area (Å²) in [6.45, 7) is 3.83. The zero-order valence-electron chi connectivity index (χ0n) is 16.1. The Kier molecular flexibility index (Phi) is 6.67. The normalized spacial score (nSPS) is 11.6. The molecule has 29 heavy (non-hydrogen) atoms. The Morgan fingerprint density at radius 2 is 1.45 bits per heavy atom. The average molecular weight is 408 g/mol. The second kappa shape index (κ2) is 9.39. The molecule has 0 heterocycles. The molecule has 0 aliphatic rings. The molecule has 0 aliphatic heterocycles. The highest BCUT2D eigenvalue weighted by Gasteiger charge is 2.15. The summed E-state index contributed by atoms with van der Waals surface area (Å²) in [5.41, 5.74) is 2.44. The van der Waals surface area contributed by atoms with Crippen molar-refractivity contribution < 1.29 is 14.0 Å². The van der Waals surface area contributed by atoms with E-state index in [1.165, 1.54) is 30.0 Å². The van der Waals surface area contributed by atoms with Gasteiger partial charge in [-0.1, -0.05) is 29.8 Å². The van der Waals surface area contributed by atoms with Crippen molar-refractivity contribution in [3.05, 3.63) is 89.7 Å². The van der Waals surface area contributed by atoms with Gasteiger partial charge in [0.2, 0.25) is 5.91 Å². The number of rotatable bonds is 6. The summed E-state index contributed by atoms with van der Waals surface area (Å²) in [4.78, 5) is 25.4. The fourth-order valence-corrected chi connectivity index (χ4v) is 3.47. The first-order valence-electron chi connectivity index (χ1n) is 9.12. The fourth-order valence-electron chi connectivity index (χ4n) is 2.60. The van der Waals surface area contributed by atoms with Crippen molar-refractivity contribution >= 4 is 35.0 Å². The van der Waals surface area contributed by atoms with E-state index in [0.717, 1.165) is 16.1 Å². The van der Waals surface area contributed by atoms with Crippen LogP contribution >= 0.6 is 11.8 Å². The molecule has 1 atom stereocenters. The average Bonchev–Trinajstić information content (AvgIpc) is 2.71. The molecule has 0 spiro atoms. The summed E-state index contributed by atoms with van der Waals surface area (Å²) in [5, 5.41) is 5.27. The number of nitrogens with one attached hydrogen (secondary N) is 2. The van der Waals surface area contributed by atoms with E-state index < -0.39 is 11.7 Å². The number of aryl methyl sites for hydroxylation is 1. The maximum atomic E-state index is 13.7. The van der Waals surface area contributed by atoms with Crippen molar-refractivity contribution in [1.29, 1.82) is 0 Å². The summed E-state index contributed by atoms with van der Waals surface area (Å²) in [7, 11) is 0. The highest BCUT2D eigenvalue weighted by Crippen LogP contribution is 2.26. The van der Waals surface area contributed by atoms with E-state index in [-0.39, 0.29) is 16.7 Å². The van der Waals surface area contributed by atoms with Gasteiger partial charge in [-0.25, -0.2) is 4.39 Å². The third-order valence-corrected chi connectivity index (χ3v) is 5.34. The SMILES string of the molecule is Cc1ccc(NC(=O)C(C)Sc2ccc(NC(=O)c3ccccc3F)cc2)cc1. The number of benzene rings is 3. The Morgan fingerprint density at radius 3 is 2.10 bits per heavy atom. The predicted octanol–water partition coefficient (Wildman–Crippen LogP) is 5.51. The van der Waals surface area contributed by atoms with Crippen molar-refractivity contribution in [2.45, 2.75) is 24.0 Å². The number of halogens is 1. The fraction of sp³-hybridized carbons (Fsp3) is 0.130. The lowest BCUT2D eigenvalue weighted by atomic mass is 10.2. The molecule has 0 saturated heterocycles. The van der Waals surface area contributed by atoms with Gasteiger partial charge in [-0.15, -0.1) is 11.8 Å². The first-order valence-corrected chi connectivity index (χ1v) is 10.0. The Labute approximate surface area is 173 Å². The molecule has 2 N–H and O–H groups in total. The quantitative estimate of drug-likeness (QED) is 0.529. The molecule has 3 aromatic rings. The van der Waals surface area contributed by atoms with Gasteiger partial charge in [0.05, 0.1) is 10.8 Å². The van der Waals surface area contributed by atoms with Crippen LogP contribution in [0, 0.1) is 12.7 Å². The van der Waals surface area contributed by atoms with Gasteiger partial charge in [0.25, 0.3) is 5.91 Å². The Balaban J connectivity index is 1.57. The maximum Gasteiger partial charge on any atom is 0.258 e. The van der Waals surface area contributed by atoms with Gasteiger partial charge in [-0.2, -0.15) is 0 Å². The van der Waals surface area contributed by atoms with E-state index in [0.29, 0.717) is 5.69 Å². The van der Waals surface area contributed by atoms with E-state index in [1.54, 1.807) is 18.2 Å². The molecule has 148 valence electrons. The third kappa shape index (κ3) is 5.68. The minimum absolute atomic E-state index is 0.00708. The van der Waals surface area contributed by atoms with Crippen LogP contribution < -0.4 is 10.6 Å². The number of hydrogen-bond donors (Lipinski definition) is 2. The molecule has 0 aliphatic carbocycles. The van der Waals surface area contributed by atoms with E-state index in [2.05, 4.69) is 10.6 Å². The number of anilines is 2. The molecule has 2 amide bonds.